The van der Waals surface area contributed by atoms with Crippen LogP contribution in [0.3, 0.4) is 0 Å². The van der Waals surface area contributed by atoms with Gasteiger partial charge < -0.3 is 19.3 Å². The molecule has 0 saturated carbocycles. The SMILES string of the molecule is O=C(c1ccc2c(c1)OCCO2)N1CCN(C(=O)C2CSCN2)CC1. The molecule has 0 bridgehead atoms. The van der Waals surface area contributed by atoms with E-state index in [1.807, 2.05) is 4.90 Å². The average Bonchev–Trinajstić information content (AvgIpc) is 3.21. The highest BCUT2D eigenvalue weighted by Crippen LogP contribution is 2.31. The molecule has 0 aromatic heterocycles. The molecule has 2 amide bonds. The number of rotatable bonds is 2. The van der Waals surface area contributed by atoms with Gasteiger partial charge in [0.05, 0.1) is 6.04 Å². The van der Waals surface area contributed by atoms with Crippen molar-refractivity contribution < 1.29 is 19.1 Å². The second-order valence-electron chi connectivity index (χ2n) is 6.25. The van der Waals surface area contributed by atoms with Crippen LogP contribution in [0.2, 0.25) is 0 Å². The van der Waals surface area contributed by atoms with Gasteiger partial charge in [0.15, 0.2) is 11.5 Å². The van der Waals surface area contributed by atoms with Crippen molar-refractivity contribution in [1.82, 2.24) is 15.1 Å². The number of carbonyl (C=O) groups excluding carboxylic acids is 2. The molecular formula is C17H21N3O4S. The average molecular weight is 363 g/mol. The van der Waals surface area contributed by atoms with Crippen LogP contribution in [0.1, 0.15) is 10.4 Å². The van der Waals surface area contributed by atoms with Crippen LogP contribution in [0.25, 0.3) is 0 Å². The molecule has 0 radical (unpaired) electrons. The molecule has 1 N–H and O–H groups in total. The van der Waals surface area contributed by atoms with Crippen molar-refractivity contribution in [2.45, 2.75) is 6.04 Å². The summed E-state index contributed by atoms with van der Waals surface area (Å²) >= 11 is 1.74. The molecule has 3 aliphatic rings. The smallest absolute Gasteiger partial charge is 0.254 e. The third kappa shape index (κ3) is 3.41. The highest BCUT2D eigenvalue weighted by atomic mass is 32.2. The maximum absolute atomic E-state index is 12.7. The minimum atomic E-state index is -0.0787. The molecule has 1 aromatic carbocycles. The van der Waals surface area contributed by atoms with Crippen LogP contribution in [0.15, 0.2) is 18.2 Å². The van der Waals surface area contributed by atoms with Gasteiger partial charge in [-0.3, -0.25) is 14.9 Å². The zero-order valence-electron chi connectivity index (χ0n) is 13.9. The Kier molecular flexibility index (Phi) is 4.72. The summed E-state index contributed by atoms with van der Waals surface area (Å²) in [6.07, 6.45) is 0. The third-order valence-electron chi connectivity index (χ3n) is 4.68. The van der Waals surface area contributed by atoms with Gasteiger partial charge in [-0.2, -0.15) is 0 Å². The lowest BCUT2D eigenvalue weighted by Gasteiger charge is -2.36. The minimum absolute atomic E-state index is 0.0291. The fourth-order valence-corrected chi connectivity index (χ4v) is 4.20. The molecular weight excluding hydrogens is 342 g/mol. The predicted octanol–water partition coefficient (Wildman–Crippen LogP) is 0.405. The number of ether oxygens (including phenoxy) is 2. The van der Waals surface area contributed by atoms with E-state index in [9.17, 15) is 9.59 Å². The van der Waals surface area contributed by atoms with Gasteiger partial charge in [-0.1, -0.05) is 0 Å². The number of piperazine rings is 1. The Balaban J connectivity index is 1.37. The molecule has 1 unspecified atom stereocenters. The summed E-state index contributed by atoms with van der Waals surface area (Å²) in [6, 6.07) is 5.22. The molecule has 2 fully saturated rings. The largest absolute Gasteiger partial charge is 0.486 e. The van der Waals surface area contributed by atoms with E-state index in [1.165, 1.54) is 0 Å². The van der Waals surface area contributed by atoms with Gasteiger partial charge in [0.1, 0.15) is 13.2 Å². The summed E-state index contributed by atoms with van der Waals surface area (Å²) in [5, 5.41) is 3.21. The van der Waals surface area contributed by atoms with Gasteiger partial charge in [-0.25, -0.2) is 0 Å². The van der Waals surface area contributed by atoms with E-state index in [4.69, 9.17) is 9.47 Å². The molecule has 3 heterocycles. The molecule has 0 spiro atoms. The molecule has 134 valence electrons. The zero-order valence-corrected chi connectivity index (χ0v) is 14.7. The first-order chi connectivity index (χ1) is 12.2. The summed E-state index contributed by atoms with van der Waals surface area (Å²) in [4.78, 5) is 28.8. The number of nitrogens with zero attached hydrogens (tertiary/aromatic N) is 2. The summed E-state index contributed by atoms with van der Waals surface area (Å²) in [7, 11) is 0. The van der Waals surface area contributed by atoms with Crippen molar-refractivity contribution in [1.29, 1.82) is 0 Å². The van der Waals surface area contributed by atoms with Crippen LogP contribution < -0.4 is 14.8 Å². The number of fused-ring (bicyclic) bond motifs is 1. The van der Waals surface area contributed by atoms with Gasteiger partial charge in [0.25, 0.3) is 5.91 Å². The van der Waals surface area contributed by atoms with Crippen molar-refractivity contribution >= 4 is 23.6 Å². The van der Waals surface area contributed by atoms with Crippen LogP contribution in [-0.2, 0) is 4.79 Å². The van der Waals surface area contributed by atoms with E-state index in [1.54, 1.807) is 34.9 Å². The third-order valence-corrected chi connectivity index (χ3v) is 5.62. The maximum atomic E-state index is 12.7. The first kappa shape index (κ1) is 16.5. The topological polar surface area (TPSA) is 71.1 Å². The van der Waals surface area contributed by atoms with E-state index in [0.29, 0.717) is 56.5 Å². The second-order valence-corrected chi connectivity index (χ2v) is 7.28. The van der Waals surface area contributed by atoms with E-state index < -0.39 is 0 Å². The first-order valence-electron chi connectivity index (χ1n) is 8.51. The van der Waals surface area contributed by atoms with Crippen LogP contribution in [0.5, 0.6) is 11.5 Å². The number of hydrogen-bond acceptors (Lipinski definition) is 6. The summed E-state index contributed by atoms with van der Waals surface area (Å²) in [6.45, 7) is 3.30. The maximum Gasteiger partial charge on any atom is 0.254 e. The lowest BCUT2D eigenvalue weighted by atomic mass is 10.1. The Morgan fingerprint density at radius 3 is 2.48 bits per heavy atom. The number of thioether (sulfide) groups is 1. The van der Waals surface area contributed by atoms with Gasteiger partial charge in [-0.15, -0.1) is 11.8 Å². The monoisotopic (exact) mass is 363 g/mol. The molecule has 7 nitrogen and oxygen atoms in total. The Morgan fingerprint density at radius 2 is 1.76 bits per heavy atom. The van der Waals surface area contributed by atoms with Crippen LogP contribution in [0.4, 0.5) is 0 Å². The van der Waals surface area contributed by atoms with Crippen LogP contribution in [-0.4, -0.2) is 78.7 Å². The Hall–Kier alpha value is -1.93. The van der Waals surface area contributed by atoms with E-state index >= 15 is 0 Å². The molecule has 0 aliphatic carbocycles. The van der Waals surface area contributed by atoms with Crippen molar-refractivity contribution in [3.8, 4) is 11.5 Å². The van der Waals surface area contributed by atoms with Gasteiger partial charge in [-0.05, 0) is 18.2 Å². The normalized spacial score (nSPS) is 22.8. The standard InChI is InChI=1S/C17H21N3O4S/c21-16(12-1-2-14-15(9-12)24-8-7-23-14)19-3-5-20(6-4-19)17(22)13-10-25-11-18-13/h1-2,9,13,18H,3-8,10-11H2. The minimum Gasteiger partial charge on any atom is -0.486 e. The number of hydrogen-bond donors (Lipinski definition) is 1. The fraction of sp³-hybridized carbons (Fsp3) is 0.529. The number of benzene rings is 1. The number of carbonyl (C=O) groups is 2. The lowest BCUT2D eigenvalue weighted by molar-refractivity contribution is -0.134. The Morgan fingerprint density at radius 1 is 1.04 bits per heavy atom. The fourth-order valence-electron chi connectivity index (χ4n) is 3.26. The molecule has 4 rings (SSSR count). The second kappa shape index (κ2) is 7.13. The van der Waals surface area contributed by atoms with Crippen LogP contribution in [0, 0.1) is 0 Å². The van der Waals surface area contributed by atoms with Crippen molar-refractivity contribution in [2.24, 2.45) is 0 Å². The van der Waals surface area contributed by atoms with E-state index in [-0.39, 0.29) is 17.9 Å². The molecule has 1 aromatic rings. The molecule has 3 aliphatic heterocycles. The summed E-state index contributed by atoms with van der Waals surface area (Å²) in [5.41, 5.74) is 0.595. The molecule has 1 atom stereocenters. The van der Waals surface area contributed by atoms with Gasteiger partial charge >= 0.3 is 0 Å². The Bertz CT molecular complexity index is 670. The summed E-state index contributed by atoms with van der Waals surface area (Å²) < 4.78 is 11.0. The zero-order chi connectivity index (χ0) is 17.2. The summed E-state index contributed by atoms with van der Waals surface area (Å²) in [5.74, 6) is 3.08. The van der Waals surface area contributed by atoms with E-state index in [2.05, 4.69) is 5.32 Å². The highest BCUT2D eigenvalue weighted by Gasteiger charge is 2.31. The highest BCUT2D eigenvalue weighted by molar-refractivity contribution is 7.99. The van der Waals surface area contributed by atoms with Gasteiger partial charge in [0, 0.05) is 43.4 Å². The first-order valence-corrected chi connectivity index (χ1v) is 9.67. The Labute approximate surface area is 150 Å². The quantitative estimate of drug-likeness (QED) is 0.821. The predicted molar refractivity (Wildman–Crippen MR) is 94.2 cm³/mol. The molecule has 8 heteroatoms. The van der Waals surface area contributed by atoms with Crippen molar-refractivity contribution in [2.75, 3.05) is 51.0 Å². The van der Waals surface area contributed by atoms with Crippen molar-refractivity contribution in [3.63, 3.8) is 0 Å². The molecule has 2 saturated heterocycles. The van der Waals surface area contributed by atoms with Crippen LogP contribution >= 0.6 is 11.8 Å². The lowest BCUT2D eigenvalue weighted by Crippen LogP contribution is -2.54. The van der Waals surface area contributed by atoms with E-state index in [0.717, 1.165) is 11.6 Å². The number of amides is 2. The van der Waals surface area contributed by atoms with Gasteiger partial charge in [0.2, 0.25) is 5.91 Å². The number of nitrogens with one attached hydrogen (secondary N) is 1. The molecule has 25 heavy (non-hydrogen) atoms. The van der Waals surface area contributed by atoms with Crippen molar-refractivity contribution in [3.05, 3.63) is 23.8 Å².